The van der Waals surface area contributed by atoms with Crippen LogP contribution in [0.2, 0.25) is 0 Å². The first-order chi connectivity index (χ1) is 10.7. The Balaban J connectivity index is 1.92. The van der Waals surface area contributed by atoms with E-state index in [0.717, 1.165) is 29.2 Å². The molecular formula is C15H16N6S. The van der Waals surface area contributed by atoms with Gasteiger partial charge in [-0.2, -0.15) is 14.9 Å². The predicted octanol–water partition coefficient (Wildman–Crippen LogP) is 2.96. The molecular weight excluding hydrogens is 296 g/mol. The summed E-state index contributed by atoms with van der Waals surface area (Å²) in [5, 5.41) is 11.5. The third-order valence-electron chi connectivity index (χ3n) is 3.37. The van der Waals surface area contributed by atoms with Crippen molar-refractivity contribution in [2.75, 3.05) is 0 Å². The predicted molar refractivity (Wildman–Crippen MR) is 88.0 cm³/mol. The van der Waals surface area contributed by atoms with Gasteiger partial charge in [0.25, 0.3) is 0 Å². The van der Waals surface area contributed by atoms with E-state index in [-0.39, 0.29) is 0 Å². The minimum absolute atomic E-state index is 0.506. The zero-order valence-corrected chi connectivity index (χ0v) is 13.2. The number of aromatic amines is 1. The van der Waals surface area contributed by atoms with Crippen molar-refractivity contribution in [1.29, 1.82) is 0 Å². The number of H-pyrrole nitrogens is 1. The average Bonchev–Trinajstić information content (AvgIpc) is 3.18. The Morgan fingerprint density at radius 1 is 1.32 bits per heavy atom. The Bertz CT molecular complexity index is 839. The fraction of sp³-hybridized carbons (Fsp3) is 0.200. The maximum absolute atomic E-state index is 5.21. The number of aromatic nitrogens is 5. The number of aryl methyl sites for hydroxylation is 1. The van der Waals surface area contributed by atoms with Gasteiger partial charge in [0.15, 0.2) is 5.82 Å². The molecule has 22 heavy (non-hydrogen) atoms. The van der Waals surface area contributed by atoms with Crippen LogP contribution in [-0.4, -0.2) is 30.1 Å². The Hall–Kier alpha value is -2.54. The minimum atomic E-state index is 0.506. The molecule has 0 bridgehead atoms. The van der Waals surface area contributed by atoms with Crippen molar-refractivity contribution < 1.29 is 0 Å². The molecule has 7 heteroatoms. The smallest absolute Gasteiger partial charge is 0.216 e. The molecule has 1 N–H and O–H groups in total. The molecule has 2 aromatic heterocycles. The topological polar surface area (TPSA) is 63.8 Å². The molecule has 1 aromatic carbocycles. The van der Waals surface area contributed by atoms with Crippen molar-refractivity contribution in [3.8, 4) is 5.69 Å². The van der Waals surface area contributed by atoms with E-state index in [2.05, 4.69) is 20.3 Å². The zero-order chi connectivity index (χ0) is 15.5. The van der Waals surface area contributed by atoms with Gasteiger partial charge >= 0.3 is 0 Å². The molecule has 0 saturated heterocycles. The average molecular weight is 312 g/mol. The quantitative estimate of drug-likeness (QED) is 0.595. The van der Waals surface area contributed by atoms with Gasteiger partial charge in [-0.05, 0) is 36.8 Å². The Kier molecular flexibility index (Phi) is 3.97. The Morgan fingerprint density at radius 2 is 2.09 bits per heavy atom. The van der Waals surface area contributed by atoms with Crippen LogP contribution in [0.5, 0.6) is 0 Å². The summed E-state index contributed by atoms with van der Waals surface area (Å²) in [5.74, 6) is 0.819. The van der Waals surface area contributed by atoms with Crippen LogP contribution in [-0.2, 0) is 6.42 Å². The highest BCUT2D eigenvalue weighted by Gasteiger charge is 2.05. The van der Waals surface area contributed by atoms with E-state index in [9.17, 15) is 0 Å². The van der Waals surface area contributed by atoms with E-state index in [0.29, 0.717) is 4.77 Å². The van der Waals surface area contributed by atoms with E-state index in [1.807, 2.05) is 48.9 Å². The monoisotopic (exact) mass is 312 g/mol. The second-order valence-electron chi connectivity index (χ2n) is 4.81. The van der Waals surface area contributed by atoms with Crippen LogP contribution in [0, 0.1) is 4.77 Å². The van der Waals surface area contributed by atoms with E-state index in [1.54, 1.807) is 17.2 Å². The Morgan fingerprint density at radius 3 is 2.73 bits per heavy atom. The van der Waals surface area contributed by atoms with Crippen LogP contribution in [0.3, 0.4) is 0 Å². The van der Waals surface area contributed by atoms with Crippen LogP contribution in [0.15, 0.2) is 48.1 Å². The van der Waals surface area contributed by atoms with E-state index in [4.69, 9.17) is 12.2 Å². The van der Waals surface area contributed by atoms with Crippen molar-refractivity contribution in [2.24, 2.45) is 5.10 Å². The molecule has 0 amide bonds. The van der Waals surface area contributed by atoms with Gasteiger partial charge in [0.2, 0.25) is 4.77 Å². The molecule has 0 fully saturated rings. The first-order valence-corrected chi connectivity index (χ1v) is 7.40. The number of nitrogens with one attached hydrogen (secondary N) is 1. The van der Waals surface area contributed by atoms with Crippen molar-refractivity contribution in [3.05, 3.63) is 59.1 Å². The Labute approximate surface area is 133 Å². The van der Waals surface area contributed by atoms with Gasteiger partial charge < -0.3 is 4.57 Å². The minimum Gasteiger partial charge on any atom is -0.306 e. The second-order valence-corrected chi connectivity index (χ2v) is 5.20. The van der Waals surface area contributed by atoms with Gasteiger partial charge in [-0.25, -0.2) is 4.98 Å². The summed E-state index contributed by atoms with van der Waals surface area (Å²) in [6.07, 6.45) is 6.21. The molecule has 0 atom stereocenters. The van der Waals surface area contributed by atoms with Gasteiger partial charge in [-0.1, -0.05) is 19.1 Å². The third kappa shape index (κ3) is 2.75. The number of hydrogen-bond acceptors (Lipinski definition) is 4. The molecule has 112 valence electrons. The van der Waals surface area contributed by atoms with Crippen LogP contribution < -0.4 is 0 Å². The highest BCUT2D eigenvalue weighted by atomic mass is 32.1. The lowest BCUT2D eigenvalue weighted by Gasteiger charge is -2.05. The highest BCUT2D eigenvalue weighted by molar-refractivity contribution is 7.71. The van der Waals surface area contributed by atoms with Gasteiger partial charge in [0, 0.05) is 24.5 Å². The molecule has 3 aromatic rings. The van der Waals surface area contributed by atoms with Gasteiger partial charge in [0.1, 0.15) is 0 Å². The van der Waals surface area contributed by atoms with Crippen LogP contribution >= 0.6 is 12.2 Å². The number of imidazole rings is 1. The van der Waals surface area contributed by atoms with Gasteiger partial charge in [0.05, 0.1) is 12.0 Å². The lowest BCUT2D eigenvalue weighted by atomic mass is 10.1. The fourth-order valence-corrected chi connectivity index (χ4v) is 2.34. The largest absolute Gasteiger partial charge is 0.306 e. The third-order valence-corrected chi connectivity index (χ3v) is 3.64. The number of nitrogens with zero attached hydrogens (tertiary/aromatic N) is 5. The molecule has 2 heterocycles. The summed E-state index contributed by atoms with van der Waals surface area (Å²) < 4.78 is 4.14. The summed E-state index contributed by atoms with van der Waals surface area (Å²) >= 11 is 5.21. The van der Waals surface area contributed by atoms with Crippen molar-refractivity contribution in [3.63, 3.8) is 0 Å². The van der Waals surface area contributed by atoms with Crippen LogP contribution in [0.1, 0.15) is 25.2 Å². The van der Waals surface area contributed by atoms with Crippen molar-refractivity contribution >= 4 is 17.9 Å². The number of hydrogen-bond donors (Lipinski definition) is 1. The molecule has 3 rings (SSSR count). The maximum Gasteiger partial charge on any atom is 0.216 e. The fourth-order valence-electron chi connectivity index (χ4n) is 2.15. The SMILES string of the molecule is CCc1n[nH]c(=S)n1N=C(C)c1ccc(-n2ccnc2)cc1. The van der Waals surface area contributed by atoms with Gasteiger partial charge in [-0.15, -0.1) is 0 Å². The van der Waals surface area contributed by atoms with E-state index < -0.39 is 0 Å². The molecule has 0 unspecified atom stereocenters. The van der Waals surface area contributed by atoms with E-state index in [1.165, 1.54) is 0 Å². The molecule has 0 aliphatic rings. The molecule has 0 radical (unpaired) electrons. The summed E-state index contributed by atoms with van der Waals surface area (Å²) in [4.78, 5) is 4.05. The first-order valence-electron chi connectivity index (χ1n) is 6.99. The number of benzene rings is 1. The maximum atomic E-state index is 5.21. The van der Waals surface area contributed by atoms with Crippen molar-refractivity contribution in [2.45, 2.75) is 20.3 Å². The van der Waals surface area contributed by atoms with Gasteiger partial charge in [-0.3, -0.25) is 5.10 Å². The standard InChI is InChI=1S/C15H16N6S/c1-3-14-17-18-15(22)21(14)19-11(2)12-4-6-13(7-5-12)20-9-8-16-10-20/h4-10H,3H2,1-2H3,(H,18,22). The summed E-state index contributed by atoms with van der Waals surface area (Å²) in [7, 11) is 0. The summed E-state index contributed by atoms with van der Waals surface area (Å²) in [6.45, 7) is 3.98. The molecule has 0 aliphatic carbocycles. The summed E-state index contributed by atoms with van der Waals surface area (Å²) in [5.41, 5.74) is 2.97. The number of rotatable bonds is 4. The lowest BCUT2D eigenvalue weighted by molar-refractivity contribution is 0.776. The van der Waals surface area contributed by atoms with Crippen molar-refractivity contribution in [1.82, 2.24) is 24.4 Å². The molecule has 0 spiro atoms. The zero-order valence-electron chi connectivity index (χ0n) is 12.4. The normalized spacial score (nSPS) is 11.8. The molecule has 0 saturated carbocycles. The van der Waals surface area contributed by atoms with E-state index >= 15 is 0 Å². The van der Waals surface area contributed by atoms with Crippen LogP contribution in [0.4, 0.5) is 0 Å². The van der Waals surface area contributed by atoms with Crippen LogP contribution in [0.25, 0.3) is 5.69 Å². The second kappa shape index (κ2) is 6.07. The summed E-state index contributed by atoms with van der Waals surface area (Å²) in [6, 6.07) is 8.13. The molecule has 0 aliphatic heterocycles. The molecule has 6 nitrogen and oxygen atoms in total. The highest BCUT2D eigenvalue weighted by Crippen LogP contribution is 2.11. The lowest BCUT2D eigenvalue weighted by Crippen LogP contribution is -2.03. The first kappa shape index (κ1) is 14.4.